The van der Waals surface area contributed by atoms with Crippen molar-refractivity contribution < 1.29 is 28.4 Å². The standard InChI is InChI=1S/C34H40N2O6/c1-32(2,3)40-26-16-10-23(11-17-26)37-29-22-30(38-24-12-18-27(19-13-24)41-33(4,5)6)36-31(35-29)39-25-14-20-28(21-15-25)42-34(7,8)9/h10-22H,1-9H3. The first kappa shape index (κ1) is 30.5. The predicted molar refractivity (Wildman–Crippen MR) is 163 cm³/mol. The molecule has 0 bridgehead atoms. The van der Waals surface area contributed by atoms with Gasteiger partial charge in [-0.05, 0) is 135 Å². The molecule has 0 unspecified atom stereocenters. The molecule has 0 fully saturated rings. The Bertz CT molecular complexity index is 1260. The monoisotopic (exact) mass is 572 g/mol. The second-order valence-electron chi connectivity index (χ2n) is 12.7. The Morgan fingerprint density at radius 3 is 0.929 bits per heavy atom. The highest BCUT2D eigenvalue weighted by Gasteiger charge is 2.16. The zero-order valence-corrected chi connectivity index (χ0v) is 25.8. The van der Waals surface area contributed by atoms with Gasteiger partial charge in [0, 0.05) is 0 Å². The molecule has 3 aromatic carbocycles. The summed E-state index contributed by atoms with van der Waals surface area (Å²) in [7, 11) is 0. The highest BCUT2D eigenvalue weighted by Crippen LogP contribution is 2.32. The van der Waals surface area contributed by atoms with Gasteiger partial charge in [-0.2, -0.15) is 9.97 Å². The van der Waals surface area contributed by atoms with Gasteiger partial charge >= 0.3 is 6.01 Å². The molecule has 0 aliphatic rings. The van der Waals surface area contributed by atoms with E-state index in [1.165, 1.54) is 0 Å². The van der Waals surface area contributed by atoms with E-state index in [9.17, 15) is 0 Å². The topological polar surface area (TPSA) is 81.2 Å². The van der Waals surface area contributed by atoms with Crippen molar-refractivity contribution in [3.63, 3.8) is 0 Å². The van der Waals surface area contributed by atoms with Crippen molar-refractivity contribution in [2.75, 3.05) is 0 Å². The lowest BCUT2D eigenvalue weighted by molar-refractivity contribution is 0.130. The van der Waals surface area contributed by atoms with Crippen LogP contribution in [0.5, 0.6) is 52.3 Å². The summed E-state index contributed by atoms with van der Waals surface area (Å²) in [6.07, 6.45) is 0. The zero-order chi connectivity index (χ0) is 30.5. The molecule has 1 heterocycles. The van der Waals surface area contributed by atoms with E-state index in [2.05, 4.69) is 9.97 Å². The van der Waals surface area contributed by atoms with Gasteiger partial charge in [0.25, 0.3) is 0 Å². The van der Waals surface area contributed by atoms with Crippen molar-refractivity contribution in [2.45, 2.75) is 79.1 Å². The van der Waals surface area contributed by atoms with Crippen LogP contribution in [-0.4, -0.2) is 26.8 Å². The van der Waals surface area contributed by atoms with Gasteiger partial charge in [-0.15, -0.1) is 0 Å². The van der Waals surface area contributed by atoms with E-state index in [1.807, 2.05) is 123 Å². The molecule has 0 N–H and O–H groups in total. The number of rotatable bonds is 9. The molecule has 0 aliphatic carbocycles. The van der Waals surface area contributed by atoms with E-state index < -0.39 is 0 Å². The fourth-order valence-electron chi connectivity index (χ4n) is 3.67. The SMILES string of the molecule is CC(C)(C)Oc1ccc(Oc2cc(Oc3ccc(OC(C)(C)C)cc3)nc(Oc3ccc(OC(C)(C)C)cc3)n2)cc1. The van der Waals surface area contributed by atoms with Gasteiger partial charge in [-0.25, -0.2) is 0 Å². The summed E-state index contributed by atoms with van der Waals surface area (Å²) in [6, 6.07) is 23.5. The lowest BCUT2D eigenvalue weighted by Gasteiger charge is -2.21. The van der Waals surface area contributed by atoms with E-state index in [4.69, 9.17) is 28.4 Å². The minimum atomic E-state index is -0.308. The molecule has 4 aromatic rings. The second kappa shape index (κ2) is 12.2. The van der Waals surface area contributed by atoms with E-state index in [0.717, 1.165) is 17.2 Å². The third-order valence-corrected chi connectivity index (χ3v) is 5.06. The molecule has 42 heavy (non-hydrogen) atoms. The van der Waals surface area contributed by atoms with E-state index >= 15 is 0 Å². The molecule has 222 valence electrons. The summed E-state index contributed by atoms with van der Waals surface area (Å²) in [6.45, 7) is 18.0. The lowest BCUT2D eigenvalue weighted by Crippen LogP contribution is -2.22. The van der Waals surface area contributed by atoms with Gasteiger partial charge in [-0.3, -0.25) is 0 Å². The average Bonchev–Trinajstić information content (AvgIpc) is 2.85. The van der Waals surface area contributed by atoms with Gasteiger partial charge in [-0.1, -0.05) is 0 Å². The third kappa shape index (κ3) is 10.2. The van der Waals surface area contributed by atoms with Crippen molar-refractivity contribution >= 4 is 0 Å². The van der Waals surface area contributed by atoms with E-state index in [-0.39, 0.29) is 34.6 Å². The summed E-state index contributed by atoms with van der Waals surface area (Å²) in [5.74, 6) is 4.38. The van der Waals surface area contributed by atoms with Crippen molar-refractivity contribution in [2.24, 2.45) is 0 Å². The van der Waals surface area contributed by atoms with Crippen LogP contribution < -0.4 is 28.4 Å². The molecule has 0 spiro atoms. The fourth-order valence-corrected chi connectivity index (χ4v) is 3.67. The van der Waals surface area contributed by atoms with Crippen LogP contribution in [0.4, 0.5) is 0 Å². The number of nitrogens with zero attached hydrogens (tertiary/aromatic N) is 2. The van der Waals surface area contributed by atoms with Crippen LogP contribution >= 0.6 is 0 Å². The lowest BCUT2D eigenvalue weighted by atomic mass is 10.2. The number of benzene rings is 3. The van der Waals surface area contributed by atoms with Gasteiger partial charge in [0.2, 0.25) is 11.8 Å². The summed E-state index contributed by atoms with van der Waals surface area (Å²) < 4.78 is 35.8. The number of hydrogen-bond acceptors (Lipinski definition) is 8. The first-order valence-electron chi connectivity index (χ1n) is 13.9. The molecule has 0 atom stereocenters. The van der Waals surface area contributed by atoms with Gasteiger partial charge < -0.3 is 28.4 Å². The van der Waals surface area contributed by atoms with Crippen LogP contribution in [-0.2, 0) is 0 Å². The Balaban J connectivity index is 1.57. The van der Waals surface area contributed by atoms with Crippen molar-refractivity contribution in [3.05, 3.63) is 78.9 Å². The summed E-state index contributed by atoms with van der Waals surface area (Å²) in [5, 5.41) is 0. The normalized spacial score (nSPS) is 11.9. The number of ether oxygens (including phenoxy) is 6. The Morgan fingerprint density at radius 1 is 0.381 bits per heavy atom. The Hall–Kier alpha value is -4.46. The maximum Gasteiger partial charge on any atom is 0.328 e. The average molecular weight is 573 g/mol. The first-order valence-corrected chi connectivity index (χ1v) is 13.9. The smallest absolute Gasteiger partial charge is 0.328 e. The van der Waals surface area contributed by atoms with E-state index in [1.54, 1.807) is 18.2 Å². The molecule has 8 heteroatoms. The first-order chi connectivity index (χ1) is 19.6. The number of hydrogen-bond donors (Lipinski definition) is 0. The fraction of sp³-hybridized carbons (Fsp3) is 0.353. The second-order valence-corrected chi connectivity index (χ2v) is 12.7. The Kier molecular flexibility index (Phi) is 8.85. The maximum absolute atomic E-state index is 6.06. The summed E-state index contributed by atoms with van der Waals surface area (Å²) in [5.41, 5.74) is -0.916. The molecule has 0 amide bonds. The third-order valence-electron chi connectivity index (χ3n) is 5.06. The maximum atomic E-state index is 6.06. The van der Waals surface area contributed by atoms with Crippen LogP contribution in [0.2, 0.25) is 0 Å². The van der Waals surface area contributed by atoms with Crippen LogP contribution in [0.1, 0.15) is 62.3 Å². The summed E-state index contributed by atoms with van der Waals surface area (Å²) in [4.78, 5) is 8.93. The van der Waals surface area contributed by atoms with Crippen LogP contribution in [0.15, 0.2) is 78.9 Å². The van der Waals surface area contributed by atoms with Crippen molar-refractivity contribution in [1.82, 2.24) is 9.97 Å². The summed E-state index contributed by atoms with van der Waals surface area (Å²) >= 11 is 0. The molecule has 8 nitrogen and oxygen atoms in total. The molecule has 1 aromatic heterocycles. The quantitative estimate of drug-likeness (QED) is 0.196. The van der Waals surface area contributed by atoms with Crippen LogP contribution in [0.25, 0.3) is 0 Å². The number of aromatic nitrogens is 2. The Labute approximate surface area is 248 Å². The minimum absolute atomic E-state index is 0.0624. The van der Waals surface area contributed by atoms with E-state index in [0.29, 0.717) is 17.2 Å². The van der Waals surface area contributed by atoms with Crippen molar-refractivity contribution in [3.8, 4) is 52.3 Å². The molecule has 0 saturated heterocycles. The molecular weight excluding hydrogens is 532 g/mol. The molecular formula is C34H40N2O6. The van der Waals surface area contributed by atoms with Gasteiger partial charge in [0.15, 0.2) is 0 Å². The van der Waals surface area contributed by atoms with Crippen molar-refractivity contribution in [1.29, 1.82) is 0 Å². The van der Waals surface area contributed by atoms with Gasteiger partial charge in [0.1, 0.15) is 51.3 Å². The highest BCUT2D eigenvalue weighted by atomic mass is 16.5. The van der Waals surface area contributed by atoms with Crippen LogP contribution in [0, 0.1) is 0 Å². The Morgan fingerprint density at radius 2 is 0.643 bits per heavy atom. The largest absolute Gasteiger partial charge is 0.488 e. The molecule has 0 radical (unpaired) electrons. The predicted octanol–water partition coefficient (Wildman–Crippen LogP) is 9.39. The van der Waals surface area contributed by atoms with Gasteiger partial charge in [0.05, 0.1) is 6.07 Å². The molecule has 0 saturated carbocycles. The molecule has 0 aliphatic heterocycles. The van der Waals surface area contributed by atoms with Crippen LogP contribution in [0.3, 0.4) is 0 Å². The minimum Gasteiger partial charge on any atom is -0.488 e. The zero-order valence-electron chi connectivity index (χ0n) is 25.8. The molecule has 4 rings (SSSR count). The highest BCUT2D eigenvalue weighted by molar-refractivity contribution is 5.39.